The zero-order valence-electron chi connectivity index (χ0n) is 6.77. The van der Waals surface area contributed by atoms with Gasteiger partial charge in [-0.1, -0.05) is 11.6 Å². The van der Waals surface area contributed by atoms with Crippen LogP contribution >= 0.6 is 11.6 Å². The second-order valence-corrected chi connectivity index (χ2v) is 2.86. The van der Waals surface area contributed by atoms with Gasteiger partial charge in [0.25, 0.3) is 0 Å². The van der Waals surface area contributed by atoms with Crippen LogP contribution in [-0.4, -0.2) is 5.78 Å². The molecule has 0 aliphatic heterocycles. The molecule has 0 bridgehead atoms. The van der Waals surface area contributed by atoms with Crippen LogP contribution in [0, 0.1) is 17.1 Å². The first-order chi connectivity index (χ1) is 6.06. The second kappa shape index (κ2) is 3.55. The highest BCUT2D eigenvalue weighted by atomic mass is 35.5. The van der Waals surface area contributed by atoms with Gasteiger partial charge < -0.3 is 0 Å². The van der Waals surface area contributed by atoms with Crippen LogP contribution in [0.15, 0.2) is 12.1 Å². The lowest BCUT2D eigenvalue weighted by Gasteiger charge is -2.01. The molecule has 0 aliphatic carbocycles. The number of halogens is 2. The minimum absolute atomic E-state index is 0.0106. The molecule has 0 radical (unpaired) electrons. The Balaban J connectivity index is 3.47. The van der Waals surface area contributed by atoms with Crippen LogP contribution in [-0.2, 0) is 0 Å². The van der Waals surface area contributed by atoms with Crippen LogP contribution in [0.3, 0.4) is 0 Å². The van der Waals surface area contributed by atoms with Crippen molar-refractivity contribution in [3.8, 4) is 6.07 Å². The predicted molar refractivity (Wildman–Crippen MR) is 46.1 cm³/mol. The maximum atomic E-state index is 12.8. The largest absolute Gasteiger partial charge is 0.294 e. The molecule has 0 aromatic heterocycles. The lowest BCUT2D eigenvalue weighted by atomic mass is 10.1. The zero-order valence-corrected chi connectivity index (χ0v) is 7.52. The average Bonchev–Trinajstić information content (AvgIpc) is 2.08. The lowest BCUT2D eigenvalue weighted by Crippen LogP contribution is -1.96. The summed E-state index contributed by atoms with van der Waals surface area (Å²) < 4.78 is 12.8. The SMILES string of the molecule is CC(=O)c1cc(F)cc(C#N)c1Cl. The van der Waals surface area contributed by atoms with Gasteiger partial charge in [-0.15, -0.1) is 0 Å². The van der Waals surface area contributed by atoms with Gasteiger partial charge in [-0.05, 0) is 19.1 Å². The van der Waals surface area contributed by atoms with E-state index in [1.807, 2.05) is 0 Å². The van der Waals surface area contributed by atoms with Crippen molar-refractivity contribution in [2.45, 2.75) is 6.92 Å². The summed E-state index contributed by atoms with van der Waals surface area (Å²) in [4.78, 5) is 10.9. The smallest absolute Gasteiger partial charge is 0.161 e. The first kappa shape index (κ1) is 9.69. The summed E-state index contributed by atoms with van der Waals surface area (Å²) in [5, 5.41) is 8.55. The van der Waals surface area contributed by atoms with Crippen LogP contribution in [0.5, 0.6) is 0 Å². The van der Waals surface area contributed by atoms with Crippen molar-refractivity contribution >= 4 is 17.4 Å². The highest BCUT2D eigenvalue weighted by Crippen LogP contribution is 2.22. The number of Topliss-reactive ketones (excluding diaryl/α,β-unsaturated/α-hetero) is 1. The molecule has 4 heteroatoms. The molecule has 66 valence electrons. The molecule has 0 amide bonds. The number of rotatable bonds is 1. The third-order valence-corrected chi connectivity index (χ3v) is 1.94. The normalized spacial score (nSPS) is 9.38. The molecular weight excluding hydrogens is 193 g/mol. The van der Waals surface area contributed by atoms with Gasteiger partial charge >= 0.3 is 0 Å². The van der Waals surface area contributed by atoms with E-state index in [1.165, 1.54) is 6.92 Å². The highest BCUT2D eigenvalue weighted by molar-refractivity contribution is 6.35. The number of ketones is 1. The fourth-order valence-corrected chi connectivity index (χ4v) is 1.21. The van der Waals surface area contributed by atoms with Crippen molar-refractivity contribution in [1.82, 2.24) is 0 Å². The second-order valence-electron chi connectivity index (χ2n) is 2.48. The number of carbonyl (C=O) groups excluding carboxylic acids is 1. The maximum Gasteiger partial charge on any atom is 0.161 e. The van der Waals surface area contributed by atoms with Crippen molar-refractivity contribution < 1.29 is 9.18 Å². The van der Waals surface area contributed by atoms with E-state index in [0.717, 1.165) is 12.1 Å². The van der Waals surface area contributed by atoms with E-state index >= 15 is 0 Å². The van der Waals surface area contributed by atoms with Crippen LogP contribution in [0.2, 0.25) is 5.02 Å². The van der Waals surface area contributed by atoms with E-state index in [0.29, 0.717) is 0 Å². The van der Waals surface area contributed by atoms with Crippen molar-refractivity contribution in [3.63, 3.8) is 0 Å². The van der Waals surface area contributed by atoms with Crippen LogP contribution in [0.4, 0.5) is 4.39 Å². The van der Waals surface area contributed by atoms with Gasteiger partial charge in [-0.2, -0.15) is 5.26 Å². The number of carbonyl (C=O) groups is 1. The van der Waals surface area contributed by atoms with Gasteiger partial charge in [0.05, 0.1) is 10.6 Å². The topological polar surface area (TPSA) is 40.9 Å². The van der Waals surface area contributed by atoms with Gasteiger partial charge in [0.2, 0.25) is 0 Å². The quantitative estimate of drug-likeness (QED) is 0.650. The fourth-order valence-electron chi connectivity index (χ4n) is 0.927. The van der Waals surface area contributed by atoms with E-state index < -0.39 is 5.82 Å². The molecule has 0 N–H and O–H groups in total. The van der Waals surface area contributed by atoms with E-state index in [9.17, 15) is 9.18 Å². The molecule has 0 fully saturated rings. The summed E-state index contributed by atoms with van der Waals surface area (Å²) in [6.45, 7) is 1.27. The van der Waals surface area contributed by atoms with Gasteiger partial charge in [0.1, 0.15) is 11.9 Å². The minimum Gasteiger partial charge on any atom is -0.294 e. The van der Waals surface area contributed by atoms with Crippen molar-refractivity contribution in [2.75, 3.05) is 0 Å². The average molecular weight is 198 g/mol. The highest BCUT2D eigenvalue weighted by Gasteiger charge is 2.11. The molecule has 1 rings (SSSR count). The van der Waals surface area contributed by atoms with E-state index in [1.54, 1.807) is 6.07 Å². The number of nitrogens with zero attached hydrogens (tertiary/aromatic N) is 1. The molecule has 1 aromatic rings. The Morgan fingerprint density at radius 3 is 2.69 bits per heavy atom. The summed E-state index contributed by atoms with van der Waals surface area (Å²) in [5.41, 5.74) is 0.0186. The molecule has 0 saturated heterocycles. The monoisotopic (exact) mass is 197 g/mol. The molecule has 2 nitrogen and oxygen atoms in total. The summed E-state index contributed by atoms with van der Waals surface area (Å²) in [7, 11) is 0. The standard InChI is InChI=1S/C9H5ClFNO/c1-5(13)8-3-7(11)2-6(4-12)9(8)10/h2-3H,1H3. The lowest BCUT2D eigenvalue weighted by molar-refractivity contribution is 0.101. The van der Waals surface area contributed by atoms with Crippen LogP contribution in [0.1, 0.15) is 22.8 Å². The molecule has 13 heavy (non-hydrogen) atoms. The maximum absolute atomic E-state index is 12.8. The molecular formula is C9H5ClFNO. The van der Waals surface area contributed by atoms with Crippen molar-refractivity contribution in [3.05, 3.63) is 34.1 Å². The Morgan fingerprint density at radius 1 is 1.62 bits per heavy atom. The zero-order chi connectivity index (χ0) is 10.0. The molecule has 0 heterocycles. The van der Waals surface area contributed by atoms with Gasteiger partial charge in [0, 0.05) is 5.56 Å². The van der Waals surface area contributed by atoms with Gasteiger partial charge in [-0.25, -0.2) is 4.39 Å². The molecule has 0 saturated carbocycles. The van der Waals surface area contributed by atoms with E-state index in [-0.39, 0.29) is 21.9 Å². The summed E-state index contributed by atoms with van der Waals surface area (Å²) in [6.07, 6.45) is 0. The summed E-state index contributed by atoms with van der Waals surface area (Å²) in [6, 6.07) is 3.72. The van der Waals surface area contributed by atoms with E-state index in [2.05, 4.69) is 0 Å². The van der Waals surface area contributed by atoms with E-state index in [4.69, 9.17) is 16.9 Å². The minimum atomic E-state index is -0.633. The third-order valence-electron chi connectivity index (χ3n) is 1.54. The number of hydrogen-bond acceptors (Lipinski definition) is 2. The number of nitriles is 1. The first-order valence-electron chi connectivity index (χ1n) is 3.46. The van der Waals surface area contributed by atoms with Crippen molar-refractivity contribution in [1.29, 1.82) is 5.26 Å². The van der Waals surface area contributed by atoms with Crippen LogP contribution in [0.25, 0.3) is 0 Å². The Hall–Kier alpha value is -1.40. The predicted octanol–water partition coefficient (Wildman–Crippen LogP) is 2.55. The van der Waals surface area contributed by atoms with Gasteiger partial charge in [0.15, 0.2) is 5.78 Å². The molecule has 0 unspecified atom stereocenters. The molecule has 0 spiro atoms. The Kier molecular flexibility index (Phi) is 2.64. The van der Waals surface area contributed by atoms with Crippen molar-refractivity contribution in [2.24, 2.45) is 0 Å². The number of benzene rings is 1. The summed E-state index contributed by atoms with van der Waals surface area (Å²) >= 11 is 5.67. The molecule has 0 aliphatic rings. The molecule has 0 atom stereocenters. The Labute approximate surface area is 79.5 Å². The first-order valence-corrected chi connectivity index (χ1v) is 3.84. The third kappa shape index (κ3) is 1.85. The Bertz CT molecular complexity index is 409. The number of hydrogen-bond donors (Lipinski definition) is 0. The van der Waals surface area contributed by atoms with Gasteiger partial charge in [-0.3, -0.25) is 4.79 Å². The molecule has 1 aromatic carbocycles. The Morgan fingerprint density at radius 2 is 2.23 bits per heavy atom. The summed E-state index contributed by atoms with van der Waals surface area (Å²) in [5.74, 6) is -0.993. The van der Waals surface area contributed by atoms with Crippen LogP contribution < -0.4 is 0 Å². The fraction of sp³-hybridized carbons (Fsp3) is 0.111.